The molecule has 1 fully saturated rings. The third-order valence-electron chi connectivity index (χ3n) is 6.69. The second-order valence-corrected chi connectivity index (χ2v) is 9.77. The van der Waals surface area contributed by atoms with Crippen LogP contribution in [0.3, 0.4) is 0 Å². The number of hydrogen-bond donors (Lipinski definition) is 3. The normalized spacial score (nSPS) is 20.9. The van der Waals surface area contributed by atoms with Crippen molar-refractivity contribution in [3.8, 4) is 11.1 Å². The largest absolute Gasteiger partial charge is 0.382 e. The van der Waals surface area contributed by atoms with E-state index >= 15 is 0 Å². The molecule has 1 heterocycles. The molecule has 0 spiro atoms. The summed E-state index contributed by atoms with van der Waals surface area (Å²) in [5.41, 5.74) is 8.01. The molecule has 2 unspecified atom stereocenters. The first-order valence-electron chi connectivity index (χ1n) is 12.7. The Bertz CT molecular complexity index is 1110. The zero-order valence-corrected chi connectivity index (χ0v) is 21.1. The molecule has 4 nitrogen and oxygen atoms in total. The zero-order valence-electron chi connectivity index (χ0n) is 21.1. The minimum absolute atomic E-state index is 0.271. The van der Waals surface area contributed by atoms with E-state index in [4.69, 9.17) is 5.41 Å². The number of rotatable bonds is 9. The van der Waals surface area contributed by atoms with Crippen LogP contribution < -0.4 is 10.6 Å². The van der Waals surface area contributed by atoms with Crippen molar-refractivity contribution >= 4 is 5.71 Å². The Morgan fingerprint density at radius 1 is 1.11 bits per heavy atom. The maximum Gasteiger partial charge on any atom is 0.0551 e. The van der Waals surface area contributed by atoms with Gasteiger partial charge in [-0.15, -0.1) is 0 Å². The molecule has 0 bridgehead atoms. The van der Waals surface area contributed by atoms with Crippen molar-refractivity contribution in [1.29, 1.82) is 5.41 Å². The summed E-state index contributed by atoms with van der Waals surface area (Å²) in [5, 5.41) is 14.7. The Hall–Kier alpha value is -3.21. The molecule has 0 amide bonds. The van der Waals surface area contributed by atoms with Gasteiger partial charge < -0.3 is 16.0 Å². The summed E-state index contributed by atoms with van der Waals surface area (Å²) in [6, 6.07) is 18.9. The number of hydrogen-bond acceptors (Lipinski definition) is 4. The van der Waals surface area contributed by atoms with Crippen LogP contribution in [0.5, 0.6) is 0 Å². The molecule has 3 N–H and O–H groups in total. The van der Waals surface area contributed by atoms with Crippen LogP contribution in [0.1, 0.15) is 31.4 Å². The first-order chi connectivity index (χ1) is 17.0. The molecule has 4 heteroatoms. The van der Waals surface area contributed by atoms with E-state index in [2.05, 4.69) is 95.8 Å². The summed E-state index contributed by atoms with van der Waals surface area (Å²) in [6.45, 7) is 12.2. The van der Waals surface area contributed by atoms with Crippen molar-refractivity contribution in [3.63, 3.8) is 0 Å². The molecule has 182 valence electrons. The maximum absolute atomic E-state index is 7.71. The first-order valence-corrected chi connectivity index (χ1v) is 12.7. The number of benzene rings is 2. The fourth-order valence-corrected chi connectivity index (χ4v) is 4.80. The molecule has 2 aromatic carbocycles. The van der Waals surface area contributed by atoms with Gasteiger partial charge in [-0.1, -0.05) is 73.3 Å². The highest BCUT2D eigenvalue weighted by molar-refractivity contribution is 6.01. The number of allylic oxidation sites excluding steroid dienone is 5. The third kappa shape index (κ3) is 7.38. The molecule has 0 radical (unpaired) electrons. The van der Waals surface area contributed by atoms with Gasteiger partial charge in [-0.25, -0.2) is 0 Å². The molecule has 2 atom stereocenters. The van der Waals surface area contributed by atoms with Crippen molar-refractivity contribution in [2.24, 2.45) is 0 Å². The van der Waals surface area contributed by atoms with E-state index in [1.54, 1.807) is 6.08 Å². The smallest absolute Gasteiger partial charge is 0.0551 e. The topological polar surface area (TPSA) is 51.2 Å². The molecule has 1 aliphatic heterocycles. The monoisotopic (exact) mass is 466 g/mol. The summed E-state index contributed by atoms with van der Waals surface area (Å²) in [7, 11) is 0. The predicted molar refractivity (Wildman–Crippen MR) is 149 cm³/mol. The summed E-state index contributed by atoms with van der Waals surface area (Å²) in [6.07, 6.45) is 12.0. The minimum Gasteiger partial charge on any atom is -0.382 e. The lowest BCUT2D eigenvalue weighted by Gasteiger charge is -2.31. The summed E-state index contributed by atoms with van der Waals surface area (Å²) < 4.78 is 0. The van der Waals surface area contributed by atoms with E-state index in [9.17, 15) is 0 Å². The van der Waals surface area contributed by atoms with Crippen LogP contribution in [0, 0.1) is 5.41 Å². The van der Waals surface area contributed by atoms with Gasteiger partial charge in [-0.3, -0.25) is 4.90 Å². The lowest BCUT2D eigenvalue weighted by molar-refractivity contribution is 0.199. The zero-order chi connectivity index (χ0) is 24.6. The number of nitrogens with zero attached hydrogens (tertiary/aromatic N) is 1. The van der Waals surface area contributed by atoms with Crippen LogP contribution in [0.15, 0.2) is 96.8 Å². The van der Waals surface area contributed by atoms with Gasteiger partial charge in [0, 0.05) is 44.0 Å². The van der Waals surface area contributed by atoms with E-state index < -0.39 is 0 Å². The number of piperazine rings is 1. The second-order valence-electron chi connectivity index (χ2n) is 9.77. The van der Waals surface area contributed by atoms with Gasteiger partial charge in [-0.05, 0) is 66.7 Å². The van der Waals surface area contributed by atoms with Crippen LogP contribution in [0.2, 0.25) is 0 Å². The molecule has 0 saturated carbocycles. The van der Waals surface area contributed by atoms with E-state index in [1.165, 1.54) is 27.8 Å². The fourth-order valence-electron chi connectivity index (χ4n) is 4.80. The summed E-state index contributed by atoms with van der Waals surface area (Å²) >= 11 is 0. The van der Waals surface area contributed by atoms with Crippen LogP contribution >= 0.6 is 0 Å². The Balaban J connectivity index is 1.29. The van der Waals surface area contributed by atoms with Gasteiger partial charge in [0.1, 0.15) is 0 Å². The molecular formula is C31H38N4. The van der Waals surface area contributed by atoms with E-state index in [0.29, 0.717) is 11.8 Å². The van der Waals surface area contributed by atoms with Crippen molar-refractivity contribution in [3.05, 3.63) is 108 Å². The maximum atomic E-state index is 7.71. The lowest BCUT2D eigenvalue weighted by atomic mass is 9.95. The predicted octanol–water partition coefficient (Wildman–Crippen LogP) is 5.64. The molecule has 4 rings (SSSR count). The van der Waals surface area contributed by atoms with Crippen molar-refractivity contribution in [2.75, 3.05) is 19.6 Å². The highest BCUT2D eigenvalue weighted by Gasteiger charge is 2.15. The van der Waals surface area contributed by atoms with E-state index in [0.717, 1.165) is 44.7 Å². The Morgan fingerprint density at radius 2 is 1.80 bits per heavy atom. The Labute approximate surface area is 210 Å². The Kier molecular flexibility index (Phi) is 8.51. The molecule has 2 aromatic rings. The molecule has 1 saturated heterocycles. The van der Waals surface area contributed by atoms with E-state index in [-0.39, 0.29) is 6.04 Å². The minimum atomic E-state index is 0.271. The van der Waals surface area contributed by atoms with Gasteiger partial charge in [0.25, 0.3) is 0 Å². The molecule has 0 aromatic heterocycles. The molecule has 2 aliphatic rings. The molecule has 35 heavy (non-hydrogen) atoms. The fraction of sp³-hybridized carbons (Fsp3) is 0.323. The van der Waals surface area contributed by atoms with Gasteiger partial charge >= 0.3 is 0 Å². The van der Waals surface area contributed by atoms with Crippen LogP contribution in [0.25, 0.3) is 11.1 Å². The first kappa shape index (κ1) is 24.9. The van der Waals surface area contributed by atoms with Crippen LogP contribution in [-0.4, -0.2) is 42.3 Å². The standard InChI is InChI=1S/C31H38N4/c1-4-30(32)19-23(2)34-31-15-9-26(10-16-31)20-25-5-11-28(12-6-25)29-13-7-27(8-14-29)22-35-18-17-33-24(3)21-35/h4-15,19,24,31-34H,1,16-18,20-22H2,2-3H3/b23-19-,32-30?. The molecule has 1 aliphatic carbocycles. The highest BCUT2D eigenvalue weighted by atomic mass is 15.2. The van der Waals surface area contributed by atoms with Crippen molar-refractivity contribution in [1.82, 2.24) is 15.5 Å². The summed E-state index contributed by atoms with van der Waals surface area (Å²) in [4.78, 5) is 2.53. The van der Waals surface area contributed by atoms with Gasteiger partial charge in [0.05, 0.1) is 5.71 Å². The molecular weight excluding hydrogens is 428 g/mol. The number of nitrogens with one attached hydrogen (secondary N) is 3. The average Bonchev–Trinajstić information content (AvgIpc) is 2.86. The van der Waals surface area contributed by atoms with Crippen molar-refractivity contribution < 1.29 is 0 Å². The van der Waals surface area contributed by atoms with E-state index in [1.807, 2.05) is 13.0 Å². The SMILES string of the molecule is C=CC(=N)/C=C(/C)NC1C=CC(Cc2ccc(-c3ccc(CN4CCNC(C)C4)cc3)cc2)=CC1. The van der Waals surface area contributed by atoms with Crippen LogP contribution in [-0.2, 0) is 13.0 Å². The highest BCUT2D eigenvalue weighted by Crippen LogP contribution is 2.23. The third-order valence-corrected chi connectivity index (χ3v) is 6.69. The van der Waals surface area contributed by atoms with Gasteiger partial charge in [-0.2, -0.15) is 0 Å². The average molecular weight is 467 g/mol. The Morgan fingerprint density at radius 3 is 2.40 bits per heavy atom. The summed E-state index contributed by atoms with van der Waals surface area (Å²) in [5.74, 6) is 0. The van der Waals surface area contributed by atoms with Crippen LogP contribution in [0.4, 0.5) is 0 Å². The second kappa shape index (κ2) is 12.0. The lowest BCUT2D eigenvalue weighted by Crippen LogP contribution is -2.48. The quantitative estimate of drug-likeness (QED) is 0.419. The van der Waals surface area contributed by atoms with Gasteiger partial charge in [0.15, 0.2) is 0 Å². The van der Waals surface area contributed by atoms with Gasteiger partial charge in [0.2, 0.25) is 0 Å². The van der Waals surface area contributed by atoms with Crippen molar-refractivity contribution in [2.45, 2.75) is 45.3 Å².